The molecule has 1 atom stereocenters. The van der Waals surface area contributed by atoms with Gasteiger partial charge in [0.05, 0.1) is 6.61 Å². The monoisotopic (exact) mass is 216 g/mol. The summed E-state index contributed by atoms with van der Waals surface area (Å²) in [6.07, 6.45) is 2.19. The fraction of sp³-hybridized carbons (Fsp3) is 0.909. The molecule has 0 radical (unpaired) electrons. The summed E-state index contributed by atoms with van der Waals surface area (Å²) in [7, 11) is 0. The van der Waals surface area contributed by atoms with E-state index in [2.05, 4.69) is 13.8 Å². The summed E-state index contributed by atoms with van der Waals surface area (Å²) in [4.78, 5) is 13.6. The summed E-state index contributed by atoms with van der Waals surface area (Å²) >= 11 is 0. The molecule has 0 aromatic heterocycles. The summed E-state index contributed by atoms with van der Waals surface area (Å²) in [6.45, 7) is 6.36. The first-order chi connectivity index (χ1) is 7.06. The molecule has 90 valence electrons. The van der Waals surface area contributed by atoms with Gasteiger partial charge in [0.15, 0.2) is 0 Å². The van der Waals surface area contributed by atoms with Crippen LogP contribution in [0.4, 0.5) is 0 Å². The Balaban J connectivity index is 4.41. The van der Waals surface area contributed by atoms with Crippen LogP contribution in [-0.4, -0.2) is 41.1 Å². The van der Waals surface area contributed by atoms with Gasteiger partial charge >= 0.3 is 0 Å². The maximum atomic E-state index is 11.8. The first-order valence-electron chi connectivity index (χ1n) is 5.72. The molecule has 0 heterocycles. The number of amides is 1. The van der Waals surface area contributed by atoms with Crippen LogP contribution >= 0.6 is 0 Å². The molecule has 0 aliphatic carbocycles. The van der Waals surface area contributed by atoms with E-state index in [1.807, 2.05) is 6.92 Å². The zero-order chi connectivity index (χ0) is 11.8. The van der Waals surface area contributed by atoms with Crippen LogP contribution in [0.15, 0.2) is 0 Å². The molecule has 0 fully saturated rings. The Hall–Kier alpha value is -0.610. The van der Waals surface area contributed by atoms with E-state index in [1.54, 1.807) is 4.90 Å². The maximum absolute atomic E-state index is 11.8. The second kappa shape index (κ2) is 7.65. The van der Waals surface area contributed by atoms with Crippen LogP contribution in [0.2, 0.25) is 0 Å². The van der Waals surface area contributed by atoms with E-state index in [0.717, 1.165) is 12.8 Å². The largest absolute Gasteiger partial charge is 0.395 e. The Morgan fingerprint density at radius 2 is 1.93 bits per heavy atom. The lowest BCUT2D eigenvalue weighted by Crippen LogP contribution is -2.43. The lowest BCUT2D eigenvalue weighted by Gasteiger charge is -2.30. The zero-order valence-electron chi connectivity index (χ0n) is 10.1. The first-order valence-corrected chi connectivity index (χ1v) is 5.72. The van der Waals surface area contributed by atoms with Crippen LogP contribution < -0.4 is 5.73 Å². The van der Waals surface area contributed by atoms with Crippen molar-refractivity contribution in [3.8, 4) is 0 Å². The molecule has 4 nitrogen and oxygen atoms in total. The van der Waals surface area contributed by atoms with Crippen LogP contribution in [0.25, 0.3) is 0 Å². The first kappa shape index (κ1) is 14.4. The summed E-state index contributed by atoms with van der Waals surface area (Å²) < 4.78 is 0. The third-order valence-corrected chi connectivity index (χ3v) is 2.54. The number of carbonyl (C=O) groups is 1. The van der Waals surface area contributed by atoms with E-state index in [4.69, 9.17) is 10.8 Å². The molecule has 3 N–H and O–H groups in total. The molecule has 0 bridgehead atoms. The van der Waals surface area contributed by atoms with Gasteiger partial charge in [-0.25, -0.2) is 0 Å². The van der Waals surface area contributed by atoms with Gasteiger partial charge in [-0.15, -0.1) is 0 Å². The van der Waals surface area contributed by atoms with Gasteiger partial charge in [0.2, 0.25) is 5.91 Å². The molecule has 15 heavy (non-hydrogen) atoms. The molecule has 0 aliphatic rings. The van der Waals surface area contributed by atoms with Crippen molar-refractivity contribution in [3.05, 3.63) is 0 Å². The van der Waals surface area contributed by atoms with Gasteiger partial charge in [-0.2, -0.15) is 0 Å². The van der Waals surface area contributed by atoms with Crippen LogP contribution in [0, 0.1) is 0 Å². The number of nitrogens with two attached hydrogens (primary N) is 1. The smallest absolute Gasteiger partial charge is 0.224 e. The molecule has 0 saturated heterocycles. The minimum Gasteiger partial charge on any atom is -0.395 e. The number of hydrogen-bond acceptors (Lipinski definition) is 3. The second-order valence-electron chi connectivity index (χ2n) is 3.96. The Bertz CT molecular complexity index is 179. The average molecular weight is 216 g/mol. The highest BCUT2D eigenvalue weighted by molar-refractivity contribution is 5.77. The summed E-state index contributed by atoms with van der Waals surface area (Å²) in [6, 6.07) is 0.108. The van der Waals surface area contributed by atoms with Gasteiger partial charge in [0.25, 0.3) is 0 Å². The highest BCUT2D eigenvalue weighted by atomic mass is 16.3. The lowest BCUT2D eigenvalue weighted by atomic mass is 10.1. The number of hydrogen-bond donors (Lipinski definition) is 2. The zero-order valence-corrected chi connectivity index (χ0v) is 10.1. The van der Waals surface area contributed by atoms with E-state index in [9.17, 15) is 4.79 Å². The van der Waals surface area contributed by atoms with Gasteiger partial charge in [-0.1, -0.05) is 13.8 Å². The second-order valence-corrected chi connectivity index (χ2v) is 3.96. The van der Waals surface area contributed by atoms with Crippen LogP contribution in [-0.2, 0) is 4.79 Å². The number of carbonyl (C=O) groups excluding carboxylic acids is 1. The minimum absolute atomic E-state index is 0.0151. The molecule has 0 saturated carbocycles. The number of nitrogens with zero attached hydrogens (tertiary/aromatic N) is 1. The molecule has 0 aromatic rings. The van der Waals surface area contributed by atoms with Gasteiger partial charge in [0, 0.05) is 25.0 Å². The molecule has 0 aromatic carbocycles. The van der Waals surface area contributed by atoms with Gasteiger partial charge in [-0.05, 0) is 19.8 Å². The van der Waals surface area contributed by atoms with Gasteiger partial charge in [-0.3, -0.25) is 4.79 Å². The summed E-state index contributed by atoms with van der Waals surface area (Å²) in [5, 5.41) is 8.93. The van der Waals surface area contributed by atoms with E-state index < -0.39 is 0 Å². The molecule has 1 amide bonds. The van der Waals surface area contributed by atoms with Crippen molar-refractivity contribution < 1.29 is 9.90 Å². The van der Waals surface area contributed by atoms with Gasteiger partial charge < -0.3 is 15.7 Å². The van der Waals surface area contributed by atoms with Crippen molar-refractivity contribution in [2.24, 2.45) is 5.73 Å². The quantitative estimate of drug-likeness (QED) is 0.659. The highest BCUT2D eigenvalue weighted by Gasteiger charge is 2.20. The molecule has 0 rings (SSSR count). The summed E-state index contributed by atoms with van der Waals surface area (Å²) in [5.41, 5.74) is 5.60. The Labute approximate surface area is 92.4 Å². The fourth-order valence-electron chi connectivity index (χ4n) is 1.74. The molecule has 4 heteroatoms. The van der Waals surface area contributed by atoms with Crippen LogP contribution in [0.1, 0.15) is 40.0 Å². The van der Waals surface area contributed by atoms with Crippen molar-refractivity contribution >= 4 is 5.91 Å². The lowest BCUT2D eigenvalue weighted by molar-refractivity contribution is -0.134. The molecule has 0 aliphatic heterocycles. The van der Waals surface area contributed by atoms with Crippen molar-refractivity contribution in [3.63, 3.8) is 0 Å². The van der Waals surface area contributed by atoms with Crippen LogP contribution in [0.3, 0.4) is 0 Å². The predicted octanol–water partition coefficient (Wildman–Crippen LogP) is 0.733. The molecule has 1 unspecified atom stereocenters. The topological polar surface area (TPSA) is 66.6 Å². The number of rotatable bonds is 7. The Morgan fingerprint density at radius 3 is 2.27 bits per heavy atom. The Morgan fingerprint density at radius 1 is 1.40 bits per heavy atom. The van der Waals surface area contributed by atoms with E-state index in [0.29, 0.717) is 13.0 Å². The highest BCUT2D eigenvalue weighted by Crippen LogP contribution is 2.10. The van der Waals surface area contributed by atoms with Crippen molar-refractivity contribution in [2.45, 2.75) is 52.1 Å². The predicted molar refractivity (Wildman–Crippen MR) is 61.4 cm³/mol. The average Bonchev–Trinajstić information content (AvgIpc) is 2.17. The fourth-order valence-corrected chi connectivity index (χ4v) is 1.74. The third kappa shape index (κ3) is 5.14. The van der Waals surface area contributed by atoms with E-state index >= 15 is 0 Å². The minimum atomic E-state index is -0.118. The van der Waals surface area contributed by atoms with Crippen LogP contribution in [0.5, 0.6) is 0 Å². The van der Waals surface area contributed by atoms with Crippen molar-refractivity contribution in [1.82, 2.24) is 4.90 Å². The molecule has 0 spiro atoms. The van der Waals surface area contributed by atoms with Gasteiger partial charge in [0.1, 0.15) is 0 Å². The number of aliphatic hydroxyl groups is 1. The van der Waals surface area contributed by atoms with E-state index in [-0.39, 0.29) is 24.6 Å². The van der Waals surface area contributed by atoms with Crippen molar-refractivity contribution in [1.29, 1.82) is 0 Å². The normalized spacial score (nSPS) is 12.9. The SMILES string of the molecule is CCC(CC)N(CCO)C(=O)CC(C)N. The standard InChI is InChI=1S/C11H24N2O2/c1-4-10(5-2)13(6-7-14)11(15)8-9(3)12/h9-10,14H,4-8,12H2,1-3H3. The Kier molecular flexibility index (Phi) is 7.34. The number of aliphatic hydroxyl groups excluding tert-OH is 1. The van der Waals surface area contributed by atoms with E-state index in [1.165, 1.54) is 0 Å². The van der Waals surface area contributed by atoms with Crippen molar-refractivity contribution in [2.75, 3.05) is 13.2 Å². The summed E-state index contributed by atoms with van der Waals surface area (Å²) in [5.74, 6) is 0.0488. The maximum Gasteiger partial charge on any atom is 0.224 e. The third-order valence-electron chi connectivity index (χ3n) is 2.54. The molecular formula is C11H24N2O2. The molecular weight excluding hydrogens is 192 g/mol.